The van der Waals surface area contributed by atoms with E-state index in [9.17, 15) is 0 Å². The quantitative estimate of drug-likeness (QED) is 0.133. The summed E-state index contributed by atoms with van der Waals surface area (Å²) in [5, 5.41) is 14.6. The van der Waals surface area contributed by atoms with E-state index in [0.717, 1.165) is 45.3 Å². The van der Waals surface area contributed by atoms with E-state index >= 15 is 0 Å². The lowest BCUT2D eigenvalue weighted by atomic mass is 9.77. The summed E-state index contributed by atoms with van der Waals surface area (Å²) in [5.41, 5.74) is 20.1. The van der Waals surface area contributed by atoms with E-state index in [0.29, 0.717) is 0 Å². The topological polar surface area (TPSA) is 6.48 Å². The lowest BCUT2D eigenvalue weighted by Crippen LogP contribution is -2.13. The van der Waals surface area contributed by atoms with Gasteiger partial charge in [-0.1, -0.05) is 237 Å². The fourth-order valence-electron chi connectivity index (χ4n) is 13.2. The van der Waals surface area contributed by atoms with Gasteiger partial charge in [-0.3, -0.25) is 0 Å². The molecule has 0 unspecified atom stereocenters. The van der Waals surface area contributed by atoms with E-state index in [2.05, 4.69) is 319 Å². The van der Waals surface area contributed by atoms with Crippen LogP contribution in [0.25, 0.3) is 98.0 Å². The first kappa shape index (κ1) is 50.5. The van der Waals surface area contributed by atoms with Crippen LogP contribution in [-0.4, -0.2) is 0 Å². The third-order valence-corrected chi connectivity index (χ3v) is 16.9. The molecule has 0 amide bonds. The molecule has 0 atom stereocenters. The first-order valence-electron chi connectivity index (χ1n) is 28.8. The molecule has 0 bridgehead atoms. The van der Waals surface area contributed by atoms with Gasteiger partial charge in [0.25, 0.3) is 0 Å². The molecule has 82 heavy (non-hydrogen) atoms. The summed E-state index contributed by atoms with van der Waals surface area (Å²) in [6.45, 7) is 15.7. The lowest BCUT2D eigenvalue weighted by Gasteiger charge is -2.30. The average Bonchev–Trinajstić information content (AvgIpc) is 3.65. The second-order valence-corrected chi connectivity index (χ2v) is 23.5. The number of rotatable bonds is 9. The van der Waals surface area contributed by atoms with Gasteiger partial charge in [0.05, 0.1) is 11.4 Å². The Morgan fingerprint density at radius 3 is 0.646 bits per heavy atom. The Bertz CT molecular complexity index is 4290. The molecule has 0 aliphatic heterocycles. The zero-order valence-corrected chi connectivity index (χ0v) is 47.7. The van der Waals surface area contributed by atoms with Gasteiger partial charge < -0.3 is 9.80 Å². The van der Waals surface area contributed by atoms with Crippen molar-refractivity contribution in [3.05, 3.63) is 289 Å². The Kier molecular flexibility index (Phi) is 12.4. The van der Waals surface area contributed by atoms with Gasteiger partial charge in [0, 0.05) is 44.3 Å². The zero-order valence-electron chi connectivity index (χ0n) is 47.7. The zero-order chi connectivity index (χ0) is 55.8. The number of anilines is 6. The van der Waals surface area contributed by atoms with Crippen molar-refractivity contribution in [3.63, 3.8) is 0 Å². The van der Waals surface area contributed by atoms with Gasteiger partial charge in [-0.05, 0) is 182 Å². The molecular weight excluding hydrogens is 989 g/mol. The highest BCUT2D eigenvalue weighted by molar-refractivity contribution is 6.26. The van der Waals surface area contributed by atoms with Crippen LogP contribution in [-0.2, 0) is 5.41 Å². The second kappa shape index (κ2) is 20.1. The molecule has 2 heteroatoms. The lowest BCUT2D eigenvalue weighted by molar-refractivity contribution is 0.601. The Hall–Kier alpha value is -9.76. The smallest absolute Gasteiger partial charge is 0.0618 e. The first-order chi connectivity index (χ1) is 40.0. The van der Waals surface area contributed by atoms with Crippen molar-refractivity contribution in [2.75, 3.05) is 9.80 Å². The Morgan fingerprint density at radius 1 is 0.232 bits per heavy atom. The molecule has 0 saturated carbocycles. The maximum Gasteiger partial charge on any atom is 0.0618 e. The maximum atomic E-state index is 2.51. The molecule has 0 aromatic heterocycles. The first-order valence-corrected chi connectivity index (χ1v) is 28.8. The molecule has 0 aliphatic rings. The fourth-order valence-corrected chi connectivity index (χ4v) is 13.2. The molecule has 394 valence electrons. The third kappa shape index (κ3) is 8.57. The number of hydrogen-bond donors (Lipinski definition) is 0. The summed E-state index contributed by atoms with van der Waals surface area (Å²) in [4.78, 5) is 4.95. The van der Waals surface area contributed by atoms with Crippen molar-refractivity contribution < 1.29 is 0 Å². The van der Waals surface area contributed by atoms with Crippen LogP contribution in [0.5, 0.6) is 0 Å². The number of hydrogen-bond acceptors (Lipinski definition) is 2. The average molecular weight is 1050 g/mol. The minimum Gasteiger partial charge on any atom is -0.309 e. The van der Waals surface area contributed by atoms with Crippen LogP contribution in [0.1, 0.15) is 48.6 Å². The van der Waals surface area contributed by atoms with Crippen LogP contribution >= 0.6 is 0 Å². The molecule has 14 aromatic rings. The van der Waals surface area contributed by atoms with E-state index in [1.54, 1.807) is 0 Å². The van der Waals surface area contributed by atoms with Crippen molar-refractivity contribution in [2.24, 2.45) is 0 Å². The van der Waals surface area contributed by atoms with E-state index in [-0.39, 0.29) is 5.41 Å². The van der Waals surface area contributed by atoms with E-state index in [4.69, 9.17) is 0 Å². The Morgan fingerprint density at radius 2 is 0.427 bits per heavy atom. The van der Waals surface area contributed by atoms with Crippen molar-refractivity contribution in [1.29, 1.82) is 0 Å². The van der Waals surface area contributed by atoms with Crippen LogP contribution in [0, 0.1) is 27.7 Å². The van der Waals surface area contributed by atoms with Gasteiger partial charge in [0.15, 0.2) is 0 Å². The largest absolute Gasteiger partial charge is 0.309 e. The Labute approximate surface area is 481 Å². The van der Waals surface area contributed by atoms with Crippen molar-refractivity contribution in [1.82, 2.24) is 0 Å². The molecule has 0 saturated heterocycles. The van der Waals surface area contributed by atoms with E-state index in [1.807, 2.05) is 0 Å². The fraction of sp³-hybridized carbons (Fsp3) is 0.100. The molecule has 0 aliphatic carbocycles. The summed E-state index contributed by atoms with van der Waals surface area (Å²) in [5.74, 6) is 0. The predicted octanol–water partition coefficient (Wildman–Crippen LogP) is 23.1. The van der Waals surface area contributed by atoms with Gasteiger partial charge in [-0.2, -0.15) is 0 Å². The predicted molar refractivity (Wildman–Crippen MR) is 355 cm³/mol. The van der Waals surface area contributed by atoms with Crippen molar-refractivity contribution in [2.45, 2.75) is 53.9 Å². The van der Waals surface area contributed by atoms with Crippen LogP contribution in [0.3, 0.4) is 0 Å². The van der Waals surface area contributed by atoms with Crippen LogP contribution in [0.15, 0.2) is 261 Å². The number of nitrogens with zero attached hydrogens (tertiary/aromatic N) is 2. The second-order valence-electron chi connectivity index (χ2n) is 23.5. The highest BCUT2D eigenvalue weighted by Gasteiger charge is 2.28. The molecule has 2 nitrogen and oxygen atoms in total. The third-order valence-electron chi connectivity index (χ3n) is 16.9. The summed E-state index contributed by atoms with van der Waals surface area (Å²) in [7, 11) is 0. The van der Waals surface area contributed by atoms with Crippen LogP contribution in [0.2, 0.25) is 0 Å². The van der Waals surface area contributed by atoms with Gasteiger partial charge in [-0.25, -0.2) is 0 Å². The SMILES string of the molecule is Cc1ccc(N(c2ccc(C)cc2)c2c3ccccc3c(-c3cc(-c4c5ccccc5c(N(c5ccc(C)cc5)c5ccc(C)cc5)c5ccccc45)cc(-c4c5ccccc5c(C(C)(C)C)c5ccccc45)c3)c3ccccc23)cc1. The molecule has 0 N–H and O–H groups in total. The highest BCUT2D eigenvalue weighted by Crippen LogP contribution is 2.53. The Balaban J connectivity index is 1.13. The number of fused-ring (bicyclic) bond motifs is 6. The normalized spacial score (nSPS) is 11.8. The van der Waals surface area contributed by atoms with Crippen LogP contribution < -0.4 is 9.80 Å². The summed E-state index contributed by atoms with van der Waals surface area (Å²) < 4.78 is 0. The minimum absolute atomic E-state index is 0.111. The summed E-state index contributed by atoms with van der Waals surface area (Å²) in [6.07, 6.45) is 0. The van der Waals surface area contributed by atoms with Gasteiger partial charge in [-0.15, -0.1) is 0 Å². The molecule has 14 aromatic carbocycles. The minimum atomic E-state index is -0.111. The number of benzene rings is 14. The van der Waals surface area contributed by atoms with E-state index in [1.165, 1.54) is 115 Å². The monoisotopic (exact) mass is 1050 g/mol. The molecule has 14 rings (SSSR count). The number of aryl methyl sites for hydroxylation is 4. The van der Waals surface area contributed by atoms with Gasteiger partial charge >= 0.3 is 0 Å². The molecule has 0 spiro atoms. The molecule has 0 radical (unpaired) electrons. The highest BCUT2D eigenvalue weighted by atomic mass is 15.2. The van der Waals surface area contributed by atoms with Crippen molar-refractivity contribution >= 4 is 98.8 Å². The molecule has 0 heterocycles. The molecule has 0 fully saturated rings. The van der Waals surface area contributed by atoms with Gasteiger partial charge in [0.1, 0.15) is 0 Å². The van der Waals surface area contributed by atoms with Gasteiger partial charge in [0.2, 0.25) is 0 Å². The molecular formula is C80H64N2. The van der Waals surface area contributed by atoms with Crippen LogP contribution in [0.4, 0.5) is 34.1 Å². The summed E-state index contributed by atoms with van der Waals surface area (Å²) >= 11 is 0. The van der Waals surface area contributed by atoms with E-state index < -0.39 is 0 Å². The van der Waals surface area contributed by atoms with Crippen molar-refractivity contribution in [3.8, 4) is 33.4 Å². The standard InChI is InChI=1S/C80H64N2/c1-51-32-40-58(41-33-51)81(59-42-34-52(2)35-43-59)78-70-28-16-10-22-64(70)75(65-23-11-17-29-71(65)78)56-48-55(74-62-20-8-14-26-68(62)77(80(5,6)7)69-27-15-9-21-63(69)74)49-57(50-56)76-66-24-12-18-30-72(66)79(73-31-19-13-25-67(73)76)82(60-44-36-53(3)37-45-60)61-46-38-54(4)39-47-61/h8-50H,1-7H3. The summed E-state index contributed by atoms with van der Waals surface area (Å²) in [6, 6.07) is 98.2. The maximum absolute atomic E-state index is 2.51.